The predicted molar refractivity (Wildman–Crippen MR) is 99.2 cm³/mol. The van der Waals surface area contributed by atoms with E-state index in [0.717, 1.165) is 18.6 Å². The van der Waals surface area contributed by atoms with E-state index in [2.05, 4.69) is 17.6 Å². The molecule has 0 saturated carbocycles. The lowest BCUT2D eigenvalue weighted by Crippen LogP contribution is -2.24. The van der Waals surface area contributed by atoms with Crippen LogP contribution in [0.4, 0.5) is 5.69 Å². The molecule has 0 aliphatic rings. The fourth-order valence-corrected chi connectivity index (χ4v) is 2.29. The Morgan fingerprint density at radius 2 is 1.64 bits per heavy atom. The molecule has 0 aliphatic heterocycles. The highest BCUT2D eigenvalue weighted by Crippen LogP contribution is 2.16. The third kappa shape index (κ3) is 5.64. The molecule has 0 aliphatic carbocycles. The SMILES string of the molecule is CCCCNC(=O)c1cccc(C(=O)Nc2ccc(OCC)cc2)c1. The average molecular weight is 340 g/mol. The number of amides is 2. The Hall–Kier alpha value is -2.82. The Morgan fingerprint density at radius 1 is 0.960 bits per heavy atom. The second-order valence-corrected chi connectivity index (χ2v) is 5.60. The zero-order valence-corrected chi connectivity index (χ0v) is 14.7. The fraction of sp³-hybridized carbons (Fsp3) is 0.300. The van der Waals surface area contributed by atoms with Crippen molar-refractivity contribution >= 4 is 17.5 Å². The normalized spacial score (nSPS) is 10.2. The molecule has 132 valence electrons. The Kier molecular flexibility index (Phi) is 7.01. The lowest BCUT2D eigenvalue weighted by Gasteiger charge is -2.09. The lowest BCUT2D eigenvalue weighted by molar-refractivity contribution is 0.0953. The van der Waals surface area contributed by atoms with Gasteiger partial charge in [0.15, 0.2) is 0 Å². The summed E-state index contributed by atoms with van der Waals surface area (Å²) in [5.74, 6) is 0.336. The highest BCUT2D eigenvalue weighted by Gasteiger charge is 2.10. The number of rotatable bonds is 8. The summed E-state index contributed by atoms with van der Waals surface area (Å²) < 4.78 is 5.38. The molecule has 25 heavy (non-hydrogen) atoms. The predicted octanol–water partition coefficient (Wildman–Crippen LogP) is 3.87. The first-order chi connectivity index (χ1) is 12.1. The minimum atomic E-state index is -0.257. The molecule has 0 heterocycles. The summed E-state index contributed by atoms with van der Waals surface area (Å²) in [5.41, 5.74) is 1.60. The quantitative estimate of drug-likeness (QED) is 0.717. The highest BCUT2D eigenvalue weighted by atomic mass is 16.5. The third-order valence-electron chi connectivity index (χ3n) is 3.63. The monoisotopic (exact) mass is 340 g/mol. The van der Waals surface area contributed by atoms with Crippen LogP contribution >= 0.6 is 0 Å². The minimum Gasteiger partial charge on any atom is -0.494 e. The van der Waals surface area contributed by atoms with Gasteiger partial charge in [0.2, 0.25) is 0 Å². The molecule has 2 rings (SSSR count). The van der Waals surface area contributed by atoms with E-state index in [1.807, 2.05) is 6.92 Å². The van der Waals surface area contributed by atoms with Gasteiger partial charge in [0.1, 0.15) is 5.75 Å². The molecule has 5 heteroatoms. The summed E-state index contributed by atoms with van der Waals surface area (Å²) in [6, 6.07) is 13.9. The van der Waals surface area contributed by atoms with Gasteiger partial charge >= 0.3 is 0 Å². The number of hydrogen-bond acceptors (Lipinski definition) is 3. The van der Waals surface area contributed by atoms with Gasteiger partial charge in [-0.05, 0) is 55.8 Å². The first kappa shape index (κ1) is 18.5. The third-order valence-corrected chi connectivity index (χ3v) is 3.63. The maximum Gasteiger partial charge on any atom is 0.255 e. The van der Waals surface area contributed by atoms with Crippen molar-refractivity contribution in [3.05, 3.63) is 59.7 Å². The van der Waals surface area contributed by atoms with Crippen molar-refractivity contribution in [2.24, 2.45) is 0 Å². The molecular weight excluding hydrogens is 316 g/mol. The summed E-state index contributed by atoms with van der Waals surface area (Å²) in [6.07, 6.45) is 1.95. The van der Waals surface area contributed by atoms with Crippen LogP contribution in [0.25, 0.3) is 0 Å². The van der Waals surface area contributed by atoms with Crippen molar-refractivity contribution in [2.75, 3.05) is 18.5 Å². The van der Waals surface area contributed by atoms with Gasteiger partial charge in [-0.3, -0.25) is 9.59 Å². The van der Waals surface area contributed by atoms with Crippen LogP contribution in [0.2, 0.25) is 0 Å². The Balaban J connectivity index is 2.01. The number of carbonyl (C=O) groups is 2. The van der Waals surface area contributed by atoms with Crippen LogP contribution in [0.5, 0.6) is 5.75 Å². The van der Waals surface area contributed by atoms with Gasteiger partial charge in [0.25, 0.3) is 11.8 Å². The van der Waals surface area contributed by atoms with Crippen molar-refractivity contribution in [1.82, 2.24) is 5.32 Å². The van der Waals surface area contributed by atoms with Crippen LogP contribution in [-0.2, 0) is 0 Å². The van der Waals surface area contributed by atoms with Crippen molar-refractivity contribution in [1.29, 1.82) is 0 Å². The van der Waals surface area contributed by atoms with Gasteiger partial charge < -0.3 is 15.4 Å². The van der Waals surface area contributed by atoms with E-state index in [1.54, 1.807) is 48.5 Å². The second kappa shape index (κ2) is 9.47. The average Bonchev–Trinajstić information content (AvgIpc) is 2.64. The van der Waals surface area contributed by atoms with E-state index in [0.29, 0.717) is 30.0 Å². The molecule has 0 spiro atoms. The lowest BCUT2D eigenvalue weighted by atomic mass is 10.1. The Morgan fingerprint density at radius 3 is 2.28 bits per heavy atom. The van der Waals surface area contributed by atoms with Crippen LogP contribution in [0.15, 0.2) is 48.5 Å². The Labute approximate surface area is 148 Å². The number of benzene rings is 2. The number of carbonyl (C=O) groups excluding carboxylic acids is 2. The number of hydrogen-bond donors (Lipinski definition) is 2. The topological polar surface area (TPSA) is 67.4 Å². The van der Waals surface area contributed by atoms with E-state index in [4.69, 9.17) is 4.74 Å². The summed E-state index contributed by atoms with van der Waals surface area (Å²) in [6.45, 7) is 5.22. The van der Waals surface area contributed by atoms with Crippen molar-refractivity contribution in [2.45, 2.75) is 26.7 Å². The molecule has 2 aromatic carbocycles. The number of nitrogens with one attached hydrogen (secondary N) is 2. The summed E-state index contributed by atoms with van der Waals surface area (Å²) in [7, 11) is 0. The highest BCUT2D eigenvalue weighted by molar-refractivity contribution is 6.06. The molecule has 0 unspecified atom stereocenters. The van der Waals surface area contributed by atoms with E-state index in [1.165, 1.54) is 0 Å². The minimum absolute atomic E-state index is 0.163. The fourth-order valence-electron chi connectivity index (χ4n) is 2.29. The van der Waals surface area contributed by atoms with Gasteiger partial charge in [0.05, 0.1) is 6.61 Å². The van der Waals surface area contributed by atoms with Crippen LogP contribution < -0.4 is 15.4 Å². The van der Waals surface area contributed by atoms with E-state index >= 15 is 0 Å². The molecule has 5 nitrogen and oxygen atoms in total. The standard InChI is InChI=1S/C20H24N2O3/c1-3-5-13-21-19(23)15-7-6-8-16(14-15)20(24)22-17-9-11-18(12-10-17)25-4-2/h6-12,14H,3-5,13H2,1-2H3,(H,21,23)(H,22,24). The maximum absolute atomic E-state index is 12.4. The number of unbranched alkanes of at least 4 members (excludes halogenated alkanes) is 1. The molecule has 0 saturated heterocycles. The number of anilines is 1. The molecule has 0 atom stereocenters. The largest absolute Gasteiger partial charge is 0.494 e. The Bertz CT molecular complexity index is 711. The summed E-state index contributed by atoms with van der Waals surface area (Å²) >= 11 is 0. The van der Waals surface area contributed by atoms with Crippen molar-refractivity contribution in [3.8, 4) is 5.75 Å². The number of ether oxygens (including phenoxy) is 1. The molecule has 0 aromatic heterocycles. The zero-order valence-electron chi connectivity index (χ0n) is 14.7. The first-order valence-electron chi connectivity index (χ1n) is 8.56. The van der Waals surface area contributed by atoms with Gasteiger partial charge in [-0.2, -0.15) is 0 Å². The summed E-state index contributed by atoms with van der Waals surface area (Å²) in [5, 5.41) is 5.67. The zero-order chi connectivity index (χ0) is 18.1. The maximum atomic E-state index is 12.4. The molecule has 0 radical (unpaired) electrons. The second-order valence-electron chi connectivity index (χ2n) is 5.60. The first-order valence-corrected chi connectivity index (χ1v) is 8.56. The van der Waals surface area contributed by atoms with Gasteiger partial charge in [-0.15, -0.1) is 0 Å². The van der Waals surface area contributed by atoms with Crippen LogP contribution in [0.1, 0.15) is 47.4 Å². The molecule has 2 amide bonds. The molecule has 0 bridgehead atoms. The van der Waals surface area contributed by atoms with Gasteiger partial charge in [0, 0.05) is 23.4 Å². The van der Waals surface area contributed by atoms with Crippen molar-refractivity contribution < 1.29 is 14.3 Å². The van der Waals surface area contributed by atoms with E-state index in [9.17, 15) is 9.59 Å². The van der Waals surface area contributed by atoms with Gasteiger partial charge in [-0.25, -0.2) is 0 Å². The van der Waals surface area contributed by atoms with Crippen LogP contribution in [0.3, 0.4) is 0 Å². The molecule has 0 fully saturated rings. The van der Waals surface area contributed by atoms with E-state index in [-0.39, 0.29) is 11.8 Å². The van der Waals surface area contributed by atoms with Crippen LogP contribution in [-0.4, -0.2) is 25.0 Å². The van der Waals surface area contributed by atoms with Crippen molar-refractivity contribution in [3.63, 3.8) is 0 Å². The van der Waals surface area contributed by atoms with Crippen LogP contribution in [0, 0.1) is 0 Å². The van der Waals surface area contributed by atoms with Gasteiger partial charge in [-0.1, -0.05) is 19.4 Å². The molecule has 2 aromatic rings. The molecule has 2 N–H and O–H groups in total. The van der Waals surface area contributed by atoms with E-state index < -0.39 is 0 Å². The molecular formula is C20H24N2O3. The summed E-state index contributed by atoms with van der Waals surface area (Å²) in [4.78, 5) is 24.5. The smallest absolute Gasteiger partial charge is 0.255 e.